The van der Waals surface area contributed by atoms with E-state index in [1.807, 2.05) is 6.92 Å². The van der Waals surface area contributed by atoms with Crippen LogP contribution in [0.15, 0.2) is 0 Å². The fourth-order valence-electron chi connectivity index (χ4n) is 3.45. The van der Waals surface area contributed by atoms with Crippen molar-refractivity contribution in [3.05, 3.63) is 0 Å². The zero-order valence-electron chi connectivity index (χ0n) is 13.4. The number of likely N-dealkylation sites (tertiary alicyclic amines) is 1. The van der Waals surface area contributed by atoms with Crippen molar-refractivity contribution in [2.24, 2.45) is 17.6 Å². The Kier molecular flexibility index (Phi) is 6.93. The maximum absolute atomic E-state index is 11.7. The van der Waals surface area contributed by atoms with Gasteiger partial charge < -0.3 is 20.7 Å². The Hall–Kier alpha value is -0.650. The Bertz CT molecular complexity index is 321. The van der Waals surface area contributed by atoms with Crippen LogP contribution in [-0.4, -0.2) is 56.2 Å². The largest absolute Gasteiger partial charge is 0.466 e. The minimum atomic E-state index is -0.0603. The van der Waals surface area contributed by atoms with Crippen LogP contribution in [0.4, 0.5) is 0 Å². The monoisotopic (exact) mass is 297 g/mol. The summed E-state index contributed by atoms with van der Waals surface area (Å²) in [5.74, 6) is 1.21. The summed E-state index contributed by atoms with van der Waals surface area (Å²) in [5, 5.41) is 3.71. The molecule has 0 aromatic heterocycles. The standard InChI is InChI=1S/C16H31N3O2/c1-2-21-16(20)9-14-8-15(12-19(11-14)7-6-17)18-10-13-4-3-5-13/h13-15,18H,2-12,17H2,1H3. The van der Waals surface area contributed by atoms with E-state index in [4.69, 9.17) is 10.5 Å². The van der Waals surface area contributed by atoms with Crippen LogP contribution in [0.2, 0.25) is 0 Å². The van der Waals surface area contributed by atoms with E-state index in [0.29, 0.717) is 31.5 Å². The van der Waals surface area contributed by atoms with Gasteiger partial charge in [0.25, 0.3) is 0 Å². The smallest absolute Gasteiger partial charge is 0.306 e. The second-order valence-corrected chi connectivity index (χ2v) is 6.56. The third-order valence-electron chi connectivity index (χ3n) is 4.74. The summed E-state index contributed by atoms with van der Waals surface area (Å²) in [6.07, 6.45) is 5.75. The number of nitrogens with zero attached hydrogens (tertiary/aromatic N) is 1. The highest BCUT2D eigenvalue weighted by atomic mass is 16.5. The molecule has 122 valence electrons. The zero-order valence-corrected chi connectivity index (χ0v) is 13.4. The van der Waals surface area contributed by atoms with Gasteiger partial charge in [0.2, 0.25) is 0 Å². The first kappa shape index (κ1) is 16.7. The number of carbonyl (C=O) groups is 1. The summed E-state index contributed by atoms with van der Waals surface area (Å²) in [4.78, 5) is 14.1. The van der Waals surface area contributed by atoms with Crippen LogP contribution in [0, 0.1) is 11.8 Å². The lowest BCUT2D eigenvalue weighted by Crippen LogP contribution is -2.51. The summed E-state index contributed by atoms with van der Waals surface area (Å²) in [6.45, 7) is 7.10. The van der Waals surface area contributed by atoms with Crippen LogP contribution in [-0.2, 0) is 9.53 Å². The second kappa shape index (κ2) is 8.71. The van der Waals surface area contributed by atoms with E-state index in [0.717, 1.165) is 38.5 Å². The molecule has 2 fully saturated rings. The summed E-state index contributed by atoms with van der Waals surface area (Å²) in [6, 6.07) is 0.491. The number of carbonyl (C=O) groups excluding carboxylic acids is 1. The first-order chi connectivity index (χ1) is 10.2. The van der Waals surface area contributed by atoms with Gasteiger partial charge in [0.15, 0.2) is 0 Å². The highest BCUT2D eigenvalue weighted by molar-refractivity contribution is 5.69. The summed E-state index contributed by atoms with van der Waals surface area (Å²) >= 11 is 0. The molecule has 0 bridgehead atoms. The van der Waals surface area contributed by atoms with Crippen LogP contribution in [0.5, 0.6) is 0 Å². The molecule has 1 heterocycles. The van der Waals surface area contributed by atoms with Gasteiger partial charge in [-0.3, -0.25) is 4.79 Å². The molecule has 0 aromatic carbocycles. The molecule has 2 rings (SSSR count). The van der Waals surface area contributed by atoms with Crippen molar-refractivity contribution in [2.45, 2.75) is 45.1 Å². The molecule has 0 radical (unpaired) electrons. The average Bonchev–Trinajstić information content (AvgIpc) is 2.37. The van der Waals surface area contributed by atoms with E-state index in [1.165, 1.54) is 19.3 Å². The number of esters is 1. The molecule has 1 aliphatic carbocycles. The Morgan fingerprint density at radius 1 is 1.33 bits per heavy atom. The first-order valence-electron chi connectivity index (χ1n) is 8.52. The maximum Gasteiger partial charge on any atom is 0.306 e. The second-order valence-electron chi connectivity index (χ2n) is 6.56. The molecule has 0 aromatic rings. The predicted molar refractivity (Wildman–Crippen MR) is 84.0 cm³/mol. The molecule has 2 aliphatic rings. The topological polar surface area (TPSA) is 67.6 Å². The van der Waals surface area contributed by atoms with Crippen LogP contribution in [0.25, 0.3) is 0 Å². The molecular formula is C16H31N3O2. The van der Waals surface area contributed by atoms with Crippen LogP contribution < -0.4 is 11.1 Å². The normalized spacial score (nSPS) is 27.3. The Morgan fingerprint density at radius 3 is 2.76 bits per heavy atom. The van der Waals surface area contributed by atoms with Gasteiger partial charge in [-0.15, -0.1) is 0 Å². The van der Waals surface area contributed by atoms with Crippen LogP contribution in [0.3, 0.4) is 0 Å². The summed E-state index contributed by atoms with van der Waals surface area (Å²) < 4.78 is 5.10. The van der Waals surface area contributed by atoms with Gasteiger partial charge in [-0.1, -0.05) is 6.42 Å². The summed E-state index contributed by atoms with van der Waals surface area (Å²) in [7, 11) is 0. The summed E-state index contributed by atoms with van der Waals surface area (Å²) in [5.41, 5.74) is 5.70. The average molecular weight is 297 g/mol. The Labute approximate surface area is 128 Å². The van der Waals surface area contributed by atoms with Gasteiger partial charge in [0, 0.05) is 38.6 Å². The quantitative estimate of drug-likeness (QED) is 0.654. The predicted octanol–water partition coefficient (Wildman–Crippen LogP) is 0.979. The fourth-order valence-corrected chi connectivity index (χ4v) is 3.45. The van der Waals surface area contributed by atoms with E-state index in [-0.39, 0.29) is 5.97 Å². The lowest BCUT2D eigenvalue weighted by molar-refractivity contribution is -0.144. The molecule has 0 spiro atoms. The molecule has 0 amide bonds. The van der Waals surface area contributed by atoms with E-state index in [1.54, 1.807) is 0 Å². The molecule has 5 nitrogen and oxygen atoms in total. The van der Waals surface area contributed by atoms with Gasteiger partial charge in [-0.2, -0.15) is 0 Å². The van der Waals surface area contributed by atoms with Crippen molar-refractivity contribution in [1.29, 1.82) is 0 Å². The van der Waals surface area contributed by atoms with Crippen LogP contribution in [0.1, 0.15) is 39.0 Å². The van der Waals surface area contributed by atoms with E-state index >= 15 is 0 Å². The molecular weight excluding hydrogens is 266 g/mol. The van der Waals surface area contributed by atoms with Crippen molar-refractivity contribution in [2.75, 3.05) is 39.3 Å². The molecule has 21 heavy (non-hydrogen) atoms. The van der Waals surface area contributed by atoms with E-state index in [2.05, 4.69) is 10.2 Å². The van der Waals surface area contributed by atoms with Gasteiger partial charge in [-0.05, 0) is 44.6 Å². The van der Waals surface area contributed by atoms with Gasteiger partial charge in [0.1, 0.15) is 0 Å². The molecule has 2 atom stereocenters. The third kappa shape index (κ3) is 5.57. The van der Waals surface area contributed by atoms with E-state index < -0.39 is 0 Å². The van der Waals surface area contributed by atoms with Crippen LogP contribution >= 0.6 is 0 Å². The highest BCUT2D eigenvalue weighted by Gasteiger charge is 2.29. The molecule has 2 unspecified atom stereocenters. The number of rotatable bonds is 8. The minimum Gasteiger partial charge on any atom is -0.466 e. The van der Waals surface area contributed by atoms with Crippen molar-refractivity contribution < 1.29 is 9.53 Å². The SMILES string of the molecule is CCOC(=O)CC1CC(NCC2CCC2)CN(CCN)C1. The molecule has 1 saturated heterocycles. The first-order valence-corrected chi connectivity index (χ1v) is 8.52. The van der Waals surface area contributed by atoms with Gasteiger partial charge >= 0.3 is 5.97 Å². The van der Waals surface area contributed by atoms with Crippen molar-refractivity contribution in [3.63, 3.8) is 0 Å². The molecule has 3 N–H and O–H groups in total. The zero-order chi connectivity index (χ0) is 15.1. The Balaban J connectivity index is 1.79. The lowest BCUT2D eigenvalue weighted by Gasteiger charge is -2.39. The number of piperidine rings is 1. The number of ether oxygens (including phenoxy) is 1. The molecule has 1 aliphatic heterocycles. The number of nitrogens with one attached hydrogen (secondary N) is 1. The van der Waals surface area contributed by atoms with Crippen molar-refractivity contribution in [1.82, 2.24) is 10.2 Å². The van der Waals surface area contributed by atoms with Crippen molar-refractivity contribution >= 4 is 5.97 Å². The number of hydrogen-bond acceptors (Lipinski definition) is 5. The maximum atomic E-state index is 11.7. The lowest BCUT2D eigenvalue weighted by atomic mass is 9.84. The van der Waals surface area contributed by atoms with Gasteiger partial charge in [0.05, 0.1) is 6.61 Å². The van der Waals surface area contributed by atoms with Crippen molar-refractivity contribution in [3.8, 4) is 0 Å². The van der Waals surface area contributed by atoms with E-state index in [9.17, 15) is 4.79 Å². The highest BCUT2D eigenvalue weighted by Crippen LogP contribution is 2.26. The molecule has 1 saturated carbocycles. The van der Waals surface area contributed by atoms with Gasteiger partial charge in [-0.25, -0.2) is 0 Å². The fraction of sp³-hybridized carbons (Fsp3) is 0.938. The molecule has 5 heteroatoms. The third-order valence-corrected chi connectivity index (χ3v) is 4.74. The number of nitrogens with two attached hydrogens (primary N) is 1. The minimum absolute atomic E-state index is 0.0603. The number of hydrogen-bond donors (Lipinski definition) is 2. The Morgan fingerprint density at radius 2 is 2.14 bits per heavy atom.